The summed E-state index contributed by atoms with van der Waals surface area (Å²) in [7, 11) is 1.75. The molecule has 0 heterocycles. The van der Waals surface area contributed by atoms with Crippen LogP contribution in [0.3, 0.4) is 0 Å². The third-order valence-electron chi connectivity index (χ3n) is 2.12. The Morgan fingerprint density at radius 1 is 1.31 bits per heavy atom. The van der Waals surface area contributed by atoms with Crippen LogP contribution in [0.15, 0.2) is 0 Å². The van der Waals surface area contributed by atoms with Crippen LogP contribution in [0.25, 0.3) is 0 Å². The second kappa shape index (κ2) is 6.39. The molecule has 0 aliphatic heterocycles. The molecule has 0 spiro atoms. The van der Waals surface area contributed by atoms with Gasteiger partial charge >= 0.3 is 0 Å². The van der Waals surface area contributed by atoms with E-state index in [-0.39, 0.29) is 0 Å². The third-order valence-corrected chi connectivity index (χ3v) is 2.12. The molecular weight excluding hydrogens is 162 g/mol. The van der Waals surface area contributed by atoms with Crippen molar-refractivity contribution in [3.05, 3.63) is 0 Å². The molecular formula is C11H25NO. The molecule has 0 aromatic rings. The molecule has 1 unspecified atom stereocenters. The minimum absolute atomic E-state index is 0.438. The Morgan fingerprint density at radius 2 is 1.92 bits per heavy atom. The van der Waals surface area contributed by atoms with Crippen LogP contribution < -0.4 is 5.32 Å². The third kappa shape index (κ3) is 9.84. The van der Waals surface area contributed by atoms with E-state index in [0.717, 1.165) is 19.6 Å². The first-order chi connectivity index (χ1) is 5.95. The van der Waals surface area contributed by atoms with E-state index in [0.29, 0.717) is 11.5 Å². The lowest BCUT2D eigenvalue weighted by atomic mass is 9.92. The zero-order valence-corrected chi connectivity index (χ0v) is 9.81. The molecule has 0 rings (SSSR count). The Balaban J connectivity index is 3.31. The van der Waals surface area contributed by atoms with Crippen molar-refractivity contribution < 1.29 is 4.74 Å². The average Bonchev–Trinajstić information content (AvgIpc) is 1.98. The van der Waals surface area contributed by atoms with Gasteiger partial charge in [-0.2, -0.15) is 0 Å². The van der Waals surface area contributed by atoms with E-state index in [1.165, 1.54) is 6.42 Å². The van der Waals surface area contributed by atoms with Crippen molar-refractivity contribution >= 4 is 0 Å². The van der Waals surface area contributed by atoms with Gasteiger partial charge in [-0.15, -0.1) is 0 Å². The highest BCUT2D eigenvalue weighted by molar-refractivity contribution is 4.66. The summed E-state index contributed by atoms with van der Waals surface area (Å²) in [4.78, 5) is 0. The maximum atomic E-state index is 5.02. The molecule has 0 bridgehead atoms. The number of methoxy groups -OCH3 is 1. The lowest BCUT2D eigenvalue weighted by Crippen LogP contribution is -2.30. The highest BCUT2D eigenvalue weighted by Gasteiger charge is 2.09. The molecule has 0 radical (unpaired) electrons. The lowest BCUT2D eigenvalue weighted by molar-refractivity contribution is 0.184. The van der Waals surface area contributed by atoms with Gasteiger partial charge in [0.05, 0.1) is 0 Å². The maximum absolute atomic E-state index is 5.02. The fraction of sp³-hybridized carbons (Fsp3) is 1.00. The summed E-state index contributed by atoms with van der Waals surface area (Å²) in [5.74, 6) is 0. The van der Waals surface area contributed by atoms with Gasteiger partial charge in [0.1, 0.15) is 0 Å². The summed E-state index contributed by atoms with van der Waals surface area (Å²) in [6.45, 7) is 11.0. The van der Waals surface area contributed by atoms with Gasteiger partial charge in [0.2, 0.25) is 0 Å². The summed E-state index contributed by atoms with van der Waals surface area (Å²) in [5, 5.41) is 3.49. The van der Waals surface area contributed by atoms with E-state index in [1.807, 2.05) is 0 Å². The van der Waals surface area contributed by atoms with Gasteiger partial charge in [-0.05, 0) is 31.7 Å². The standard InChI is InChI=1S/C11H25NO/c1-10(6-9-13-5)12-8-7-11(2,3)4/h10,12H,6-9H2,1-5H3. The molecule has 0 aliphatic carbocycles. The molecule has 0 saturated heterocycles. The first-order valence-electron chi connectivity index (χ1n) is 5.18. The monoisotopic (exact) mass is 187 g/mol. The fourth-order valence-corrected chi connectivity index (χ4v) is 1.09. The van der Waals surface area contributed by atoms with Gasteiger partial charge in [0.25, 0.3) is 0 Å². The zero-order chi connectivity index (χ0) is 10.3. The normalized spacial score (nSPS) is 14.5. The Morgan fingerprint density at radius 3 is 2.38 bits per heavy atom. The lowest BCUT2D eigenvalue weighted by Gasteiger charge is -2.20. The molecule has 0 aromatic carbocycles. The quantitative estimate of drug-likeness (QED) is 0.689. The van der Waals surface area contributed by atoms with E-state index >= 15 is 0 Å². The van der Waals surface area contributed by atoms with Gasteiger partial charge in [0, 0.05) is 19.8 Å². The molecule has 2 heteroatoms. The minimum Gasteiger partial charge on any atom is -0.385 e. The van der Waals surface area contributed by atoms with Crippen LogP contribution in [-0.4, -0.2) is 26.3 Å². The molecule has 80 valence electrons. The van der Waals surface area contributed by atoms with Crippen molar-refractivity contribution in [2.45, 2.75) is 46.6 Å². The van der Waals surface area contributed by atoms with Crippen molar-refractivity contribution in [2.75, 3.05) is 20.3 Å². The summed E-state index contributed by atoms with van der Waals surface area (Å²) in [6, 6.07) is 0.572. The number of hydrogen-bond donors (Lipinski definition) is 1. The number of ether oxygens (including phenoxy) is 1. The summed E-state index contributed by atoms with van der Waals surface area (Å²) >= 11 is 0. The molecule has 1 N–H and O–H groups in total. The number of hydrogen-bond acceptors (Lipinski definition) is 2. The first-order valence-corrected chi connectivity index (χ1v) is 5.18. The Labute approximate surface area is 83.1 Å². The topological polar surface area (TPSA) is 21.3 Å². The maximum Gasteiger partial charge on any atom is 0.0476 e. The van der Waals surface area contributed by atoms with E-state index in [2.05, 4.69) is 33.0 Å². The molecule has 0 amide bonds. The van der Waals surface area contributed by atoms with Crippen LogP contribution in [0.1, 0.15) is 40.5 Å². The second-order valence-electron chi connectivity index (χ2n) is 4.95. The molecule has 0 aliphatic rings. The fourth-order valence-electron chi connectivity index (χ4n) is 1.09. The van der Waals surface area contributed by atoms with Crippen molar-refractivity contribution in [1.82, 2.24) is 5.32 Å². The van der Waals surface area contributed by atoms with Gasteiger partial charge in [-0.25, -0.2) is 0 Å². The van der Waals surface area contributed by atoms with Crippen LogP contribution in [0, 0.1) is 5.41 Å². The van der Waals surface area contributed by atoms with Crippen LogP contribution >= 0.6 is 0 Å². The van der Waals surface area contributed by atoms with Crippen molar-refractivity contribution in [3.63, 3.8) is 0 Å². The summed E-state index contributed by atoms with van der Waals surface area (Å²) in [6.07, 6.45) is 2.32. The van der Waals surface area contributed by atoms with Crippen LogP contribution in [-0.2, 0) is 4.74 Å². The van der Waals surface area contributed by atoms with Crippen molar-refractivity contribution in [2.24, 2.45) is 5.41 Å². The largest absolute Gasteiger partial charge is 0.385 e. The van der Waals surface area contributed by atoms with E-state index in [9.17, 15) is 0 Å². The van der Waals surface area contributed by atoms with Gasteiger partial charge < -0.3 is 10.1 Å². The van der Waals surface area contributed by atoms with Crippen molar-refractivity contribution in [1.29, 1.82) is 0 Å². The van der Waals surface area contributed by atoms with Gasteiger partial charge in [0.15, 0.2) is 0 Å². The minimum atomic E-state index is 0.438. The molecule has 1 atom stereocenters. The number of nitrogens with one attached hydrogen (secondary N) is 1. The molecule has 0 aromatic heterocycles. The molecule has 2 nitrogen and oxygen atoms in total. The smallest absolute Gasteiger partial charge is 0.0476 e. The van der Waals surface area contributed by atoms with Crippen LogP contribution in [0.5, 0.6) is 0 Å². The van der Waals surface area contributed by atoms with Crippen LogP contribution in [0.2, 0.25) is 0 Å². The van der Waals surface area contributed by atoms with E-state index < -0.39 is 0 Å². The Kier molecular flexibility index (Phi) is 6.35. The second-order valence-corrected chi connectivity index (χ2v) is 4.95. The Bertz CT molecular complexity index is 118. The summed E-state index contributed by atoms with van der Waals surface area (Å²) in [5.41, 5.74) is 0.438. The predicted octanol–water partition coefficient (Wildman–Crippen LogP) is 2.44. The van der Waals surface area contributed by atoms with E-state index in [1.54, 1.807) is 7.11 Å². The van der Waals surface area contributed by atoms with Gasteiger partial charge in [-0.1, -0.05) is 20.8 Å². The molecule has 13 heavy (non-hydrogen) atoms. The SMILES string of the molecule is COCCC(C)NCCC(C)(C)C. The first kappa shape index (κ1) is 12.9. The molecule has 0 fully saturated rings. The Hall–Kier alpha value is -0.0800. The van der Waals surface area contributed by atoms with Crippen molar-refractivity contribution in [3.8, 4) is 0 Å². The number of rotatable bonds is 6. The van der Waals surface area contributed by atoms with E-state index in [4.69, 9.17) is 4.74 Å². The molecule has 0 saturated carbocycles. The average molecular weight is 187 g/mol. The highest BCUT2D eigenvalue weighted by atomic mass is 16.5. The van der Waals surface area contributed by atoms with Crippen LogP contribution in [0.4, 0.5) is 0 Å². The highest BCUT2D eigenvalue weighted by Crippen LogP contribution is 2.17. The zero-order valence-electron chi connectivity index (χ0n) is 9.81. The predicted molar refractivity (Wildman–Crippen MR) is 58.0 cm³/mol. The summed E-state index contributed by atoms with van der Waals surface area (Å²) < 4.78 is 5.02. The van der Waals surface area contributed by atoms with Gasteiger partial charge in [-0.3, -0.25) is 0 Å².